The van der Waals surface area contributed by atoms with E-state index in [9.17, 15) is 0 Å². The van der Waals surface area contributed by atoms with Crippen LogP contribution in [0, 0.1) is 0 Å². The minimum absolute atomic E-state index is 0. The van der Waals surface area contributed by atoms with Crippen molar-refractivity contribution in [2.75, 3.05) is 13.5 Å². The molecule has 0 saturated heterocycles. The Bertz CT molecular complexity index is 218. The van der Waals surface area contributed by atoms with Crippen LogP contribution in [0.1, 0.15) is 0 Å². The first kappa shape index (κ1) is 23.0. The van der Waals surface area contributed by atoms with E-state index in [-0.39, 0.29) is 37.7 Å². The molecule has 0 amide bonds. The summed E-state index contributed by atoms with van der Waals surface area (Å²) >= 11 is 16.6. The van der Waals surface area contributed by atoms with Crippen LogP contribution in [0.4, 0.5) is 0 Å². The summed E-state index contributed by atoms with van der Waals surface area (Å²) in [5, 5.41) is 5.30. The predicted octanol–water partition coefficient (Wildman–Crippen LogP) is 1.44. The van der Waals surface area contributed by atoms with Crippen molar-refractivity contribution in [2.24, 2.45) is 0 Å². The first-order valence-corrected chi connectivity index (χ1v) is 5.64. The zero-order chi connectivity index (χ0) is 12.8. The summed E-state index contributed by atoms with van der Waals surface area (Å²) in [6.45, 7) is 7.33. The minimum Gasteiger partial charge on any atom is -0.482 e. The Kier molecular flexibility index (Phi) is 25.9. The summed E-state index contributed by atoms with van der Waals surface area (Å²) in [4.78, 5) is 0. The van der Waals surface area contributed by atoms with Gasteiger partial charge in [0.25, 0.3) is 0 Å². The molecule has 2 N–H and O–H groups in total. The smallest absolute Gasteiger partial charge is 0.159 e. The largest absolute Gasteiger partial charge is 0.482 e. The van der Waals surface area contributed by atoms with Gasteiger partial charge < -0.3 is 20.1 Å². The zero-order valence-electron chi connectivity index (χ0n) is 9.22. The molecular weight excluding hydrogens is 324 g/mol. The van der Waals surface area contributed by atoms with Gasteiger partial charge in [0.2, 0.25) is 0 Å². The topological polar surface area (TPSA) is 42.5 Å². The van der Waals surface area contributed by atoms with Gasteiger partial charge in [0.15, 0.2) is 13.5 Å². The quantitative estimate of drug-likeness (QED) is 0.147. The third kappa shape index (κ3) is 31.6. The average Bonchev–Trinajstić information content (AvgIpc) is 2.18. The molecule has 0 aliphatic rings. The van der Waals surface area contributed by atoms with Crippen molar-refractivity contribution in [3.8, 4) is 0 Å². The molecule has 4 nitrogen and oxygen atoms in total. The Morgan fingerprint density at radius 1 is 1.00 bits per heavy atom. The molecule has 0 spiro atoms. The zero-order valence-corrected chi connectivity index (χ0v) is 14.8. The van der Waals surface area contributed by atoms with Gasteiger partial charge in [-0.05, 0) is 0 Å². The molecule has 94 valence electrons. The van der Waals surface area contributed by atoms with Crippen LogP contribution in [0.3, 0.4) is 0 Å². The summed E-state index contributed by atoms with van der Waals surface area (Å²) in [6.07, 6.45) is 2.66. The Morgan fingerprint density at radius 3 is 1.47 bits per heavy atom. The van der Waals surface area contributed by atoms with Crippen LogP contribution in [0.25, 0.3) is 0 Å². The first-order valence-electron chi connectivity index (χ1n) is 3.93. The number of rotatable bonds is 6. The van der Waals surface area contributed by atoms with Crippen LogP contribution in [0.15, 0.2) is 25.7 Å². The van der Waals surface area contributed by atoms with E-state index in [1.807, 2.05) is 0 Å². The number of nitrogens with one attached hydrogen (secondary N) is 2. The average molecular weight is 339 g/mol. The number of thiocarbonyl (C=S) groups is 2. The molecular formula is C8H14CaN2O2S4. The van der Waals surface area contributed by atoms with Crippen molar-refractivity contribution >= 4 is 96.1 Å². The molecule has 2 radical (unpaired) electrons. The van der Waals surface area contributed by atoms with E-state index in [0.717, 1.165) is 0 Å². The van der Waals surface area contributed by atoms with Gasteiger partial charge in [-0.25, -0.2) is 0 Å². The van der Waals surface area contributed by atoms with Gasteiger partial charge in [-0.3, -0.25) is 0 Å². The first-order chi connectivity index (χ1) is 7.54. The van der Waals surface area contributed by atoms with Crippen LogP contribution in [-0.4, -0.2) is 59.8 Å². The van der Waals surface area contributed by atoms with Gasteiger partial charge in [-0.15, -0.1) is 25.3 Å². The fourth-order valence-corrected chi connectivity index (χ4v) is 0.572. The van der Waals surface area contributed by atoms with E-state index < -0.39 is 0 Å². The maximum atomic E-state index is 4.66. The van der Waals surface area contributed by atoms with Gasteiger partial charge in [0, 0.05) is 37.7 Å². The van der Waals surface area contributed by atoms with Crippen LogP contribution in [0.2, 0.25) is 0 Å². The molecule has 0 atom stereocenters. The van der Waals surface area contributed by atoms with Gasteiger partial charge >= 0.3 is 0 Å². The van der Waals surface area contributed by atoms with Crippen molar-refractivity contribution < 1.29 is 9.47 Å². The normalized spacial score (nSPS) is 7.18. The van der Waals surface area contributed by atoms with Crippen LogP contribution in [0.5, 0.6) is 0 Å². The van der Waals surface area contributed by atoms with Crippen LogP contribution >= 0.6 is 49.7 Å². The molecule has 0 aliphatic heterocycles. The van der Waals surface area contributed by atoms with Gasteiger partial charge in [-0.2, -0.15) is 0 Å². The molecule has 0 aromatic heterocycles. The van der Waals surface area contributed by atoms with Crippen molar-refractivity contribution in [3.05, 3.63) is 25.7 Å². The molecule has 0 bridgehead atoms. The van der Waals surface area contributed by atoms with Crippen molar-refractivity contribution in [3.63, 3.8) is 0 Å². The number of hydrogen-bond donors (Lipinski definition) is 4. The van der Waals surface area contributed by atoms with Crippen molar-refractivity contribution in [1.29, 1.82) is 0 Å². The van der Waals surface area contributed by atoms with Gasteiger partial charge in [0.05, 0.1) is 12.5 Å². The van der Waals surface area contributed by atoms with E-state index in [1.54, 1.807) is 0 Å². The molecule has 17 heavy (non-hydrogen) atoms. The summed E-state index contributed by atoms with van der Waals surface area (Å²) < 4.78 is 10.2. The van der Waals surface area contributed by atoms with Crippen molar-refractivity contribution in [2.45, 2.75) is 0 Å². The Hall–Kier alpha value is 0.820. The maximum absolute atomic E-state index is 4.66. The summed E-state index contributed by atoms with van der Waals surface area (Å²) in [5.74, 6) is 0. The number of hydrogen-bond acceptors (Lipinski definition) is 4. The molecule has 0 saturated carbocycles. The predicted molar refractivity (Wildman–Crippen MR) is 87.5 cm³/mol. The molecule has 0 aromatic carbocycles. The molecule has 0 aliphatic carbocycles. The van der Waals surface area contributed by atoms with Crippen LogP contribution < -0.4 is 10.6 Å². The monoisotopic (exact) mass is 338 g/mol. The molecule has 0 heterocycles. The van der Waals surface area contributed by atoms with E-state index in [0.29, 0.717) is 22.1 Å². The minimum atomic E-state index is 0. The molecule has 0 fully saturated rings. The third-order valence-corrected chi connectivity index (χ3v) is 1.45. The molecule has 9 heteroatoms. The fourth-order valence-electron chi connectivity index (χ4n) is 0.325. The van der Waals surface area contributed by atoms with Gasteiger partial charge in [0.1, 0.15) is 8.64 Å². The van der Waals surface area contributed by atoms with Crippen LogP contribution in [-0.2, 0) is 9.47 Å². The second-order valence-corrected chi connectivity index (χ2v) is 4.24. The fraction of sp³-hybridized carbons (Fsp3) is 0.250. The van der Waals surface area contributed by atoms with E-state index in [2.05, 4.69) is 83.0 Å². The van der Waals surface area contributed by atoms with Crippen molar-refractivity contribution in [1.82, 2.24) is 10.6 Å². The Morgan fingerprint density at radius 2 is 1.29 bits per heavy atom. The summed E-state index contributed by atoms with van der Waals surface area (Å²) in [7, 11) is 0. The molecule has 0 unspecified atom stereocenters. The Balaban J connectivity index is -0.000000218. The molecule has 0 rings (SSSR count). The molecule has 0 aromatic rings. The standard InChI is InChI=1S/2C4H7NOS2.Ca/c2*1-2-6-3-5-4(7)8;/h2*2H,1,3H2,(H2,5,7,8);. The summed E-state index contributed by atoms with van der Waals surface area (Å²) in [6, 6.07) is 0. The summed E-state index contributed by atoms with van der Waals surface area (Å²) in [5.41, 5.74) is 0. The Labute approximate surface area is 153 Å². The number of thiol groups is 2. The number of ether oxygens (including phenoxy) is 2. The van der Waals surface area contributed by atoms with Gasteiger partial charge in [-0.1, -0.05) is 37.6 Å². The SMILES string of the molecule is C=COCNC(=S)S.C=COCNC(=S)S.[Ca]. The maximum Gasteiger partial charge on any atom is 0.159 e. The van der Waals surface area contributed by atoms with E-state index >= 15 is 0 Å². The van der Waals surface area contributed by atoms with E-state index in [4.69, 9.17) is 0 Å². The second-order valence-electron chi connectivity index (χ2n) is 1.92. The van der Waals surface area contributed by atoms with E-state index in [1.165, 1.54) is 12.5 Å². The third-order valence-electron chi connectivity index (χ3n) is 0.849. The second kappa shape index (κ2) is 19.2.